The first-order valence-electron chi connectivity index (χ1n) is 6.98. The number of hydrogen-bond acceptors (Lipinski definition) is 2. The smallest absolute Gasteiger partial charge is 0.320 e. The van der Waals surface area contributed by atoms with Gasteiger partial charge in [0, 0.05) is 0 Å². The first kappa shape index (κ1) is 16.4. The van der Waals surface area contributed by atoms with Gasteiger partial charge in [0.1, 0.15) is 6.04 Å². The van der Waals surface area contributed by atoms with Gasteiger partial charge in [-0.05, 0) is 20.5 Å². The van der Waals surface area contributed by atoms with Crippen molar-refractivity contribution in [3.63, 3.8) is 0 Å². The van der Waals surface area contributed by atoms with Crippen LogP contribution in [0.4, 0.5) is 0 Å². The summed E-state index contributed by atoms with van der Waals surface area (Å²) in [5, 5.41) is 9.00. The Morgan fingerprint density at radius 1 is 1.00 bits per heavy atom. The number of nitrogens with zero attached hydrogens (tertiary/aromatic N) is 1. The molecule has 0 saturated carbocycles. The van der Waals surface area contributed by atoms with E-state index in [0.717, 1.165) is 12.8 Å². The number of unbranched alkanes of at least 4 members (excludes halogenated alkanes) is 7. The number of rotatable bonds is 11. The predicted molar refractivity (Wildman–Crippen MR) is 72.3 cm³/mol. The van der Waals surface area contributed by atoms with Crippen LogP contribution in [-0.2, 0) is 4.79 Å². The van der Waals surface area contributed by atoms with E-state index in [-0.39, 0.29) is 6.04 Å². The van der Waals surface area contributed by atoms with Gasteiger partial charge in [0.25, 0.3) is 0 Å². The number of carbonyl (C=O) groups is 1. The molecule has 0 aliphatic carbocycles. The lowest BCUT2D eigenvalue weighted by Crippen LogP contribution is -2.35. The highest BCUT2D eigenvalue weighted by Gasteiger charge is 2.18. The Kier molecular flexibility index (Phi) is 10.2. The summed E-state index contributed by atoms with van der Waals surface area (Å²) >= 11 is 0. The number of aliphatic carboxylic acids is 1. The molecule has 0 aliphatic rings. The SMILES string of the molecule is CCCCCCCCCC[C@@H](C(=O)O)N(C)C. The number of hydrogen-bond donors (Lipinski definition) is 1. The quantitative estimate of drug-likeness (QED) is 0.564. The Hall–Kier alpha value is -0.570. The normalized spacial score (nSPS) is 12.9. The largest absolute Gasteiger partial charge is 0.480 e. The third-order valence-corrected chi connectivity index (χ3v) is 3.24. The van der Waals surface area contributed by atoms with Crippen molar-refractivity contribution >= 4 is 5.97 Å². The van der Waals surface area contributed by atoms with Gasteiger partial charge < -0.3 is 5.11 Å². The average Bonchev–Trinajstić information content (AvgIpc) is 2.26. The van der Waals surface area contributed by atoms with E-state index >= 15 is 0 Å². The molecule has 3 nitrogen and oxygen atoms in total. The molecule has 0 spiro atoms. The molecule has 0 rings (SSSR count). The lowest BCUT2D eigenvalue weighted by atomic mass is 10.0. The van der Waals surface area contributed by atoms with Crippen molar-refractivity contribution in [1.82, 2.24) is 4.90 Å². The van der Waals surface area contributed by atoms with Gasteiger partial charge in [-0.2, -0.15) is 0 Å². The molecule has 0 aliphatic heterocycles. The second-order valence-corrected chi connectivity index (χ2v) is 5.08. The number of carboxylic acid groups (broad SMARTS) is 1. The van der Waals surface area contributed by atoms with Crippen LogP contribution in [0.3, 0.4) is 0 Å². The van der Waals surface area contributed by atoms with E-state index in [2.05, 4.69) is 6.92 Å². The predicted octanol–water partition coefficient (Wildman–Crippen LogP) is 3.53. The summed E-state index contributed by atoms with van der Waals surface area (Å²) in [6.45, 7) is 2.23. The lowest BCUT2D eigenvalue weighted by Gasteiger charge is -2.19. The third kappa shape index (κ3) is 9.16. The van der Waals surface area contributed by atoms with Crippen LogP contribution in [0.2, 0.25) is 0 Å². The molecule has 1 N–H and O–H groups in total. The van der Waals surface area contributed by atoms with Crippen molar-refractivity contribution < 1.29 is 9.90 Å². The van der Waals surface area contributed by atoms with E-state index in [0.29, 0.717) is 0 Å². The highest BCUT2D eigenvalue weighted by Crippen LogP contribution is 2.12. The molecule has 0 aromatic heterocycles. The Morgan fingerprint density at radius 2 is 1.47 bits per heavy atom. The van der Waals surface area contributed by atoms with Crippen LogP contribution in [-0.4, -0.2) is 36.1 Å². The van der Waals surface area contributed by atoms with Crippen LogP contribution in [0.1, 0.15) is 64.7 Å². The summed E-state index contributed by atoms with van der Waals surface area (Å²) in [4.78, 5) is 12.7. The Bertz CT molecular complexity index is 193. The van der Waals surface area contributed by atoms with Gasteiger partial charge in [0.2, 0.25) is 0 Å². The van der Waals surface area contributed by atoms with Gasteiger partial charge in [0.05, 0.1) is 0 Å². The Balaban J connectivity index is 3.40. The van der Waals surface area contributed by atoms with E-state index in [1.54, 1.807) is 4.90 Å². The number of carboxylic acids is 1. The molecule has 102 valence electrons. The van der Waals surface area contributed by atoms with Crippen molar-refractivity contribution in [2.75, 3.05) is 14.1 Å². The minimum absolute atomic E-state index is 0.310. The molecular formula is C14H29NO2. The highest BCUT2D eigenvalue weighted by atomic mass is 16.4. The van der Waals surface area contributed by atoms with E-state index < -0.39 is 5.97 Å². The zero-order valence-corrected chi connectivity index (χ0v) is 11.7. The van der Waals surface area contributed by atoms with E-state index in [9.17, 15) is 4.79 Å². The maximum atomic E-state index is 10.9. The van der Waals surface area contributed by atoms with Gasteiger partial charge in [-0.3, -0.25) is 9.69 Å². The van der Waals surface area contributed by atoms with Crippen molar-refractivity contribution in [2.45, 2.75) is 70.8 Å². The van der Waals surface area contributed by atoms with E-state index in [1.165, 1.54) is 44.9 Å². The molecule has 0 aromatic rings. The Morgan fingerprint density at radius 3 is 1.88 bits per heavy atom. The average molecular weight is 243 g/mol. The molecule has 17 heavy (non-hydrogen) atoms. The molecule has 0 unspecified atom stereocenters. The van der Waals surface area contributed by atoms with Gasteiger partial charge in [0.15, 0.2) is 0 Å². The van der Waals surface area contributed by atoms with Crippen molar-refractivity contribution in [3.8, 4) is 0 Å². The van der Waals surface area contributed by atoms with Crippen LogP contribution < -0.4 is 0 Å². The minimum Gasteiger partial charge on any atom is -0.480 e. The van der Waals surface area contributed by atoms with Crippen LogP contribution >= 0.6 is 0 Å². The molecule has 0 heterocycles. The van der Waals surface area contributed by atoms with Crippen LogP contribution in [0.5, 0.6) is 0 Å². The summed E-state index contributed by atoms with van der Waals surface area (Å²) in [6, 6.07) is -0.310. The summed E-state index contributed by atoms with van der Waals surface area (Å²) in [5.41, 5.74) is 0. The molecule has 3 heteroatoms. The fourth-order valence-electron chi connectivity index (χ4n) is 2.07. The van der Waals surface area contributed by atoms with Gasteiger partial charge in [-0.1, -0.05) is 58.3 Å². The molecule has 0 amide bonds. The summed E-state index contributed by atoms with van der Waals surface area (Å²) in [5.74, 6) is -0.696. The van der Waals surface area contributed by atoms with Crippen LogP contribution in [0.15, 0.2) is 0 Å². The van der Waals surface area contributed by atoms with Crippen molar-refractivity contribution in [3.05, 3.63) is 0 Å². The summed E-state index contributed by atoms with van der Waals surface area (Å²) in [6.07, 6.45) is 10.9. The van der Waals surface area contributed by atoms with Gasteiger partial charge in [-0.25, -0.2) is 0 Å². The molecule has 0 aromatic carbocycles. The lowest BCUT2D eigenvalue weighted by molar-refractivity contribution is -0.142. The molecule has 0 saturated heterocycles. The van der Waals surface area contributed by atoms with Crippen molar-refractivity contribution in [2.24, 2.45) is 0 Å². The molecule has 1 atom stereocenters. The molecule has 0 fully saturated rings. The van der Waals surface area contributed by atoms with E-state index in [4.69, 9.17) is 5.11 Å². The number of likely N-dealkylation sites (N-methyl/N-ethyl adjacent to an activating group) is 1. The van der Waals surface area contributed by atoms with Crippen molar-refractivity contribution in [1.29, 1.82) is 0 Å². The minimum atomic E-state index is -0.696. The topological polar surface area (TPSA) is 40.5 Å². The van der Waals surface area contributed by atoms with E-state index in [1.807, 2.05) is 14.1 Å². The molecule has 0 bridgehead atoms. The fraction of sp³-hybridized carbons (Fsp3) is 0.929. The summed E-state index contributed by atoms with van der Waals surface area (Å²) < 4.78 is 0. The Labute approximate surface area is 106 Å². The van der Waals surface area contributed by atoms with Gasteiger partial charge >= 0.3 is 5.97 Å². The van der Waals surface area contributed by atoms with Crippen LogP contribution in [0.25, 0.3) is 0 Å². The summed E-state index contributed by atoms with van der Waals surface area (Å²) in [7, 11) is 3.67. The third-order valence-electron chi connectivity index (χ3n) is 3.24. The monoisotopic (exact) mass is 243 g/mol. The molecular weight excluding hydrogens is 214 g/mol. The first-order chi connectivity index (χ1) is 8.09. The zero-order valence-electron chi connectivity index (χ0n) is 11.7. The maximum Gasteiger partial charge on any atom is 0.320 e. The maximum absolute atomic E-state index is 10.9. The first-order valence-corrected chi connectivity index (χ1v) is 6.98. The molecule has 0 radical (unpaired) electrons. The zero-order chi connectivity index (χ0) is 13.1. The standard InChI is InChI=1S/C14H29NO2/c1-4-5-6-7-8-9-10-11-12-13(14(16)17)15(2)3/h13H,4-12H2,1-3H3,(H,16,17)/t13-/m0/s1. The highest BCUT2D eigenvalue weighted by molar-refractivity contribution is 5.73. The van der Waals surface area contributed by atoms with Gasteiger partial charge in [-0.15, -0.1) is 0 Å². The second-order valence-electron chi connectivity index (χ2n) is 5.08. The van der Waals surface area contributed by atoms with Crippen LogP contribution in [0, 0.1) is 0 Å². The fourth-order valence-corrected chi connectivity index (χ4v) is 2.07. The second kappa shape index (κ2) is 10.6.